The van der Waals surface area contributed by atoms with Crippen LogP contribution in [0.3, 0.4) is 0 Å². The second-order valence-electron chi connectivity index (χ2n) is 3.98. The predicted molar refractivity (Wildman–Crippen MR) is 73.6 cm³/mol. The molecule has 2 rings (SSSR count). The summed E-state index contributed by atoms with van der Waals surface area (Å²) >= 11 is 8.79. The Morgan fingerprint density at radius 2 is 2.32 bits per heavy atom. The number of benzene rings is 1. The number of hydrogen-bond acceptors (Lipinski definition) is 2. The number of H-pyrrole nitrogens is 1. The molecule has 19 heavy (non-hydrogen) atoms. The molecule has 0 spiro atoms. The smallest absolute Gasteiger partial charge is 0.253 e. The average Bonchev–Trinajstić information content (AvgIpc) is 2.87. The normalized spacial score (nSPS) is 12.2. The molecule has 4 nitrogen and oxygen atoms in total. The Kier molecular flexibility index (Phi) is 4.21. The van der Waals surface area contributed by atoms with Crippen LogP contribution < -0.4 is 5.32 Å². The Morgan fingerprint density at radius 3 is 2.95 bits per heavy atom. The molecular weight excluding hydrogens is 337 g/mol. The van der Waals surface area contributed by atoms with Gasteiger partial charge in [0.2, 0.25) is 0 Å². The predicted octanol–water partition coefficient (Wildman–Crippen LogP) is 3.46. The third-order valence-electron chi connectivity index (χ3n) is 2.60. The van der Waals surface area contributed by atoms with Crippen LogP contribution >= 0.6 is 27.5 Å². The highest BCUT2D eigenvalue weighted by atomic mass is 79.9. The summed E-state index contributed by atoms with van der Waals surface area (Å²) in [5, 5.41) is 9.37. The van der Waals surface area contributed by atoms with Crippen molar-refractivity contribution in [3.8, 4) is 0 Å². The van der Waals surface area contributed by atoms with Gasteiger partial charge in [0.15, 0.2) is 0 Å². The summed E-state index contributed by atoms with van der Waals surface area (Å²) in [6.07, 6.45) is 3.29. The van der Waals surface area contributed by atoms with E-state index in [0.717, 1.165) is 11.6 Å². The lowest BCUT2D eigenvalue weighted by molar-refractivity contribution is 0.0938. The fourth-order valence-electron chi connectivity index (χ4n) is 1.58. The number of carbonyl (C=O) groups is 1. The largest absolute Gasteiger partial charge is 0.345 e. The van der Waals surface area contributed by atoms with Crippen molar-refractivity contribution in [3.63, 3.8) is 0 Å². The van der Waals surface area contributed by atoms with E-state index in [4.69, 9.17) is 11.6 Å². The van der Waals surface area contributed by atoms with E-state index >= 15 is 0 Å². The maximum Gasteiger partial charge on any atom is 0.253 e. The number of nitrogens with zero attached hydrogens (tertiary/aromatic N) is 1. The molecule has 100 valence electrons. The van der Waals surface area contributed by atoms with Crippen molar-refractivity contribution in [2.24, 2.45) is 0 Å². The summed E-state index contributed by atoms with van der Waals surface area (Å²) in [5.74, 6) is -0.990. The third kappa shape index (κ3) is 3.13. The van der Waals surface area contributed by atoms with Crippen molar-refractivity contribution < 1.29 is 9.18 Å². The summed E-state index contributed by atoms with van der Waals surface area (Å²) < 4.78 is 13.6. The van der Waals surface area contributed by atoms with Crippen LogP contribution in [0.1, 0.15) is 28.9 Å². The summed E-state index contributed by atoms with van der Waals surface area (Å²) in [6, 6.07) is 2.30. The fraction of sp³-hybridized carbons (Fsp3) is 0.167. The zero-order chi connectivity index (χ0) is 14.0. The molecule has 2 N–H and O–H groups in total. The number of rotatable bonds is 3. The highest BCUT2D eigenvalue weighted by Gasteiger charge is 2.17. The van der Waals surface area contributed by atoms with Gasteiger partial charge in [-0.2, -0.15) is 5.10 Å². The van der Waals surface area contributed by atoms with Crippen molar-refractivity contribution in [2.45, 2.75) is 13.0 Å². The zero-order valence-corrected chi connectivity index (χ0v) is 12.2. The van der Waals surface area contributed by atoms with Gasteiger partial charge in [-0.05, 0) is 35.0 Å². The number of carbonyl (C=O) groups excluding carboxylic acids is 1. The van der Waals surface area contributed by atoms with E-state index in [1.165, 1.54) is 6.07 Å². The number of hydrogen-bond donors (Lipinski definition) is 2. The minimum Gasteiger partial charge on any atom is -0.345 e. The first kappa shape index (κ1) is 14.0. The lowest BCUT2D eigenvalue weighted by Gasteiger charge is -2.13. The first-order valence-corrected chi connectivity index (χ1v) is 6.60. The van der Waals surface area contributed by atoms with Crippen molar-refractivity contribution in [1.82, 2.24) is 15.5 Å². The molecule has 0 aliphatic rings. The van der Waals surface area contributed by atoms with Gasteiger partial charge in [0.1, 0.15) is 5.82 Å². The topological polar surface area (TPSA) is 57.8 Å². The molecule has 2 aromatic rings. The van der Waals surface area contributed by atoms with Crippen LogP contribution in [-0.4, -0.2) is 16.1 Å². The lowest BCUT2D eigenvalue weighted by atomic mass is 10.1. The number of aromatic nitrogens is 2. The molecule has 1 atom stereocenters. The SMILES string of the molecule is C[C@H](NC(=O)c1cc(Cl)cc(F)c1Br)c1cn[nH]c1. The van der Waals surface area contributed by atoms with Crippen molar-refractivity contribution in [2.75, 3.05) is 0 Å². The van der Waals surface area contributed by atoms with E-state index in [-0.39, 0.29) is 21.1 Å². The molecule has 7 heteroatoms. The monoisotopic (exact) mass is 345 g/mol. The van der Waals surface area contributed by atoms with E-state index in [9.17, 15) is 9.18 Å². The number of halogens is 3. The van der Waals surface area contributed by atoms with Crippen LogP contribution in [0.5, 0.6) is 0 Å². The zero-order valence-electron chi connectivity index (χ0n) is 9.88. The summed E-state index contributed by atoms with van der Waals surface area (Å²) in [7, 11) is 0. The van der Waals surface area contributed by atoms with E-state index in [2.05, 4.69) is 31.4 Å². The van der Waals surface area contributed by atoms with Gasteiger partial charge in [0.25, 0.3) is 5.91 Å². The molecule has 0 bridgehead atoms. The molecule has 1 amide bonds. The van der Waals surface area contributed by atoms with Crippen LogP contribution in [-0.2, 0) is 0 Å². The third-order valence-corrected chi connectivity index (χ3v) is 3.63. The van der Waals surface area contributed by atoms with Crippen LogP contribution in [0.2, 0.25) is 5.02 Å². The van der Waals surface area contributed by atoms with E-state index in [1.54, 1.807) is 19.3 Å². The Labute approximate surface area is 122 Å². The van der Waals surface area contributed by atoms with E-state index in [1.807, 2.05) is 0 Å². The molecule has 1 heterocycles. The number of nitrogens with one attached hydrogen (secondary N) is 2. The van der Waals surface area contributed by atoms with Crippen LogP contribution in [0, 0.1) is 5.82 Å². The van der Waals surface area contributed by atoms with Gasteiger partial charge in [-0.3, -0.25) is 9.89 Å². The van der Waals surface area contributed by atoms with Gasteiger partial charge in [0.05, 0.1) is 22.3 Å². The molecule has 0 aliphatic carbocycles. The summed E-state index contributed by atoms with van der Waals surface area (Å²) in [5.41, 5.74) is 0.979. The molecule has 0 saturated heterocycles. The quantitative estimate of drug-likeness (QED) is 0.836. The van der Waals surface area contributed by atoms with Crippen molar-refractivity contribution >= 4 is 33.4 Å². The minimum atomic E-state index is -0.575. The van der Waals surface area contributed by atoms with E-state index in [0.29, 0.717) is 0 Å². The van der Waals surface area contributed by atoms with Gasteiger partial charge in [-0.25, -0.2) is 4.39 Å². The molecule has 0 saturated carbocycles. The summed E-state index contributed by atoms with van der Waals surface area (Å²) in [4.78, 5) is 12.1. The Bertz CT molecular complexity index is 603. The second kappa shape index (κ2) is 5.71. The highest BCUT2D eigenvalue weighted by Crippen LogP contribution is 2.25. The maximum atomic E-state index is 13.5. The van der Waals surface area contributed by atoms with Gasteiger partial charge < -0.3 is 5.32 Å². The first-order chi connectivity index (χ1) is 8.99. The van der Waals surface area contributed by atoms with Gasteiger partial charge in [-0.1, -0.05) is 11.6 Å². The van der Waals surface area contributed by atoms with Gasteiger partial charge in [0, 0.05) is 16.8 Å². The average molecular weight is 347 g/mol. The van der Waals surface area contributed by atoms with Crippen molar-refractivity contribution in [1.29, 1.82) is 0 Å². The molecule has 0 unspecified atom stereocenters. The molecule has 1 aromatic heterocycles. The van der Waals surface area contributed by atoms with Crippen molar-refractivity contribution in [3.05, 3.63) is 51.0 Å². The fourth-order valence-corrected chi connectivity index (χ4v) is 2.19. The van der Waals surface area contributed by atoms with Crippen LogP contribution in [0.15, 0.2) is 29.0 Å². The Morgan fingerprint density at radius 1 is 1.58 bits per heavy atom. The first-order valence-electron chi connectivity index (χ1n) is 5.43. The Hall–Kier alpha value is -1.40. The Balaban J connectivity index is 2.21. The lowest BCUT2D eigenvalue weighted by Crippen LogP contribution is -2.27. The molecule has 0 fully saturated rings. The molecule has 0 aliphatic heterocycles. The standard InChI is InChI=1S/C12H10BrClFN3O/c1-6(7-4-16-17-5-7)18-12(19)9-2-8(14)3-10(15)11(9)13/h2-6H,1H3,(H,16,17)(H,18,19)/t6-/m0/s1. The molecule has 0 radical (unpaired) electrons. The summed E-state index contributed by atoms with van der Waals surface area (Å²) in [6.45, 7) is 1.80. The molecular formula is C12H10BrClFN3O. The van der Waals surface area contributed by atoms with E-state index < -0.39 is 11.7 Å². The van der Waals surface area contributed by atoms with Gasteiger partial charge >= 0.3 is 0 Å². The van der Waals surface area contributed by atoms with Gasteiger partial charge in [-0.15, -0.1) is 0 Å². The van der Waals surface area contributed by atoms with Crippen LogP contribution in [0.4, 0.5) is 4.39 Å². The highest BCUT2D eigenvalue weighted by molar-refractivity contribution is 9.10. The maximum absolute atomic E-state index is 13.5. The van der Waals surface area contributed by atoms with Crippen LogP contribution in [0.25, 0.3) is 0 Å². The number of aromatic amines is 1. The minimum absolute atomic E-state index is 0.0915. The second-order valence-corrected chi connectivity index (χ2v) is 5.21. The number of amides is 1. The molecule has 1 aromatic carbocycles.